The molecule has 0 saturated carbocycles. The Kier molecular flexibility index (Phi) is 6.37. The predicted octanol–water partition coefficient (Wildman–Crippen LogP) is 0.826. The highest BCUT2D eigenvalue weighted by molar-refractivity contribution is 5.80. The average Bonchev–Trinajstić information content (AvgIpc) is 2.01. The van der Waals surface area contributed by atoms with Crippen LogP contribution >= 0.6 is 0 Å². The Morgan fingerprint density at radius 3 is 2.73 bits per heavy atom. The summed E-state index contributed by atoms with van der Waals surface area (Å²) in [7, 11) is 0. The number of hydrogen-bond donors (Lipinski definition) is 2. The van der Waals surface area contributed by atoms with E-state index in [0.717, 1.165) is 19.2 Å². The minimum Gasteiger partial charge on any atom is -0.388 e. The second kappa shape index (κ2) is 7.05. The minimum atomic E-state index is 0.556. The molecule has 0 rings (SSSR count). The van der Waals surface area contributed by atoms with Crippen molar-refractivity contribution >= 4 is 12.2 Å². The van der Waals surface area contributed by atoms with Crippen molar-refractivity contribution in [1.82, 2.24) is 0 Å². The second-order valence-electron chi connectivity index (χ2n) is 2.31. The van der Waals surface area contributed by atoms with Crippen molar-refractivity contribution in [2.24, 2.45) is 21.7 Å². The van der Waals surface area contributed by atoms with E-state index in [-0.39, 0.29) is 0 Å². The fourth-order valence-corrected chi connectivity index (χ4v) is 0.714. The third-order valence-corrected chi connectivity index (χ3v) is 1.29. The summed E-state index contributed by atoms with van der Waals surface area (Å²) in [6.45, 7) is 2.14. The molecule has 0 radical (unpaired) electrons. The van der Waals surface area contributed by atoms with E-state index >= 15 is 0 Å². The van der Waals surface area contributed by atoms with Gasteiger partial charge in [0.05, 0.1) is 0 Å². The van der Waals surface area contributed by atoms with Crippen LogP contribution in [0.4, 0.5) is 0 Å². The first-order chi connectivity index (χ1) is 5.31. The van der Waals surface area contributed by atoms with Gasteiger partial charge in [-0.25, -0.2) is 0 Å². The average molecular weight is 156 g/mol. The zero-order valence-corrected chi connectivity index (χ0v) is 6.95. The van der Waals surface area contributed by atoms with E-state index in [4.69, 9.17) is 11.5 Å². The molecule has 4 N–H and O–H groups in total. The number of nitrogens with zero attached hydrogens (tertiary/aromatic N) is 2. The van der Waals surface area contributed by atoms with Crippen LogP contribution in [0.2, 0.25) is 0 Å². The quantitative estimate of drug-likeness (QED) is 0.267. The molecule has 0 spiro atoms. The van der Waals surface area contributed by atoms with Crippen LogP contribution < -0.4 is 11.5 Å². The van der Waals surface area contributed by atoms with Crippen molar-refractivity contribution < 1.29 is 0 Å². The van der Waals surface area contributed by atoms with Gasteiger partial charge >= 0.3 is 0 Å². The summed E-state index contributed by atoms with van der Waals surface area (Å²) in [5, 5.41) is 7.12. The van der Waals surface area contributed by atoms with Crippen LogP contribution in [0.15, 0.2) is 10.2 Å². The lowest BCUT2D eigenvalue weighted by molar-refractivity contribution is 0.739. The van der Waals surface area contributed by atoms with Gasteiger partial charge in [0.25, 0.3) is 0 Å². The number of hydrogen-bond acceptors (Lipinski definition) is 2. The van der Waals surface area contributed by atoms with Crippen molar-refractivity contribution in [3.05, 3.63) is 0 Å². The van der Waals surface area contributed by atoms with Crippen LogP contribution in [0.25, 0.3) is 0 Å². The molecule has 0 aliphatic carbocycles. The largest absolute Gasteiger partial charge is 0.388 e. The van der Waals surface area contributed by atoms with Gasteiger partial charge in [-0.15, -0.1) is 10.2 Å². The van der Waals surface area contributed by atoms with Gasteiger partial charge in [-0.1, -0.05) is 19.8 Å². The molecule has 4 nitrogen and oxygen atoms in total. The van der Waals surface area contributed by atoms with E-state index in [2.05, 4.69) is 17.1 Å². The molecule has 0 aliphatic rings. The zero-order valence-electron chi connectivity index (χ0n) is 6.95. The molecule has 0 aliphatic heterocycles. The van der Waals surface area contributed by atoms with E-state index in [9.17, 15) is 0 Å². The van der Waals surface area contributed by atoms with Crippen LogP contribution in [0.3, 0.4) is 0 Å². The molecule has 0 aromatic carbocycles. The van der Waals surface area contributed by atoms with Gasteiger partial charge in [0, 0.05) is 6.42 Å². The molecule has 0 heterocycles. The van der Waals surface area contributed by atoms with Crippen LogP contribution in [0.5, 0.6) is 0 Å². The smallest absolute Gasteiger partial charge is 0.122 e. The third-order valence-electron chi connectivity index (χ3n) is 1.29. The molecule has 0 amide bonds. The summed E-state index contributed by atoms with van der Waals surface area (Å²) in [6, 6.07) is 0. The molecule has 0 aromatic heterocycles. The van der Waals surface area contributed by atoms with Gasteiger partial charge in [0.1, 0.15) is 12.2 Å². The molecular formula is C7H16N4. The Labute approximate surface area is 67.4 Å². The lowest BCUT2D eigenvalue weighted by Crippen LogP contribution is -2.10. The molecule has 11 heavy (non-hydrogen) atoms. The van der Waals surface area contributed by atoms with Crippen LogP contribution in [0.1, 0.15) is 32.6 Å². The Hall–Kier alpha value is -1.06. The maximum atomic E-state index is 5.48. The van der Waals surface area contributed by atoms with E-state index in [1.54, 1.807) is 0 Å². The lowest BCUT2D eigenvalue weighted by Gasteiger charge is -1.95. The molecule has 0 atom stereocenters. The first kappa shape index (κ1) is 9.94. The van der Waals surface area contributed by atoms with E-state index < -0.39 is 0 Å². The van der Waals surface area contributed by atoms with Crippen molar-refractivity contribution in [2.45, 2.75) is 32.6 Å². The zero-order chi connectivity index (χ0) is 8.53. The molecule has 0 saturated heterocycles. The molecule has 0 unspecified atom stereocenters. The van der Waals surface area contributed by atoms with E-state index in [1.807, 2.05) is 0 Å². The topological polar surface area (TPSA) is 76.8 Å². The molecule has 64 valence electrons. The highest BCUT2D eigenvalue weighted by Gasteiger charge is 1.90. The second-order valence-corrected chi connectivity index (χ2v) is 2.31. The molecule has 0 aromatic rings. The Balaban J connectivity index is 3.42. The fourth-order valence-electron chi connectivity index (χ4n) is 0.714. The van der Waals surface area contributed by atoms with Crippen LogP contribution in [0, 0.1) is 0 Å². The summed E-state index contributed by atoms with van der Waals surface area (Å²) in [6.07, 6.45) is 5.39. The maximum absolute atomic E-state index is 5.48. The van der Waals surface area contributed by atoms with Gasteiger partial charge in [0.15, 0.2) is 0 Å². The molecule has 4 heteroatoms. The van der Waals surface area contributed by atoms with Gasteiger partial charge in [-0.2, -0.15) is 0 Å². The summed E-state index contributed by atoms with van der Waals surface area (Å²) in [5.74, 6) is 0.556. The monoisotopic (exact) mass is 156 g/mol. The molecule has 0 fully saturated rings. The SMILES string of the molecule is CCCCC/C(N)=N/N=C\N. The Morgan fingerprint density at radius 1 is 1.45 bits per heavy atom. The number of rotatable bonds is 5. The summed E-state index contributed by atoms with van der Waals surface area (Å²) < 4.78 is 0. The van der Waals surface area contributed by atoms with Crippen LogP contribution in [-0.2, 0) is 0 Å². The summed E-state index contributed by atoms with van der Waals surface area (Å²) in [4.78, 5) is 0. The van der Waals surface area contributed by atoms with Crippen molar-refractivity contribution in [1.29, 1.82) is 0 Å². The fraction of sp³-hybridized carbons (Fsp3) is 0.714. The summed E-state index contributed by atoms with van der Waals surface area (Å²) >= 11 is 0. The number of amidine groups is 1. The van der Waals surface area contributed by atoms with Crippen molar-refractivity contribution in [2.75, 3.05) is 0 Å². The highest BCUT2D eigenvalue weighted by atomic mass is 15.2. The highest BCUT2D eigenvalue weighted by Crippen LogP contribution is 1.98. The first-order valence-corrected chi connectivity index (χ1v) is 3.86. The van der Waals surface area contributed by atoms with Crippen LogP contribution in [-0.4, -0.2) is 12.2 Å². The van der Waals surface area contributed by atoms with Gasteiger partial charge in [0.2, 0.25) is 0 Å². The van der Waals surface area contributed by atoms with Crippen molar-refractivity contribution in [3.8, 4) is 0 Å². The minimum absolute atomic E-state index is 0.556. The van der Waals surface area contributed by atoms with E-state index in [0.29, 0.717) is 5.84 Å². The van der Waals surface area contributed by atoms with E-state index in [1.165, 1.54) is 12.8 Å². The predicted molar refractivity (Wildman–Crippen MR) is 48.4 cm³/mol. The normalized spacial score (nSPS) is 12.6. The Bertz CT molecular complexity index is 139. The molecule has 0 bridgehead atoms. The third kappa shape index (κ3) is 6.83. The number of nitrogens with two attached hydrogens (primary N) is 2. The number of unbranched alkanes of at least 4 members (excludes halogenated alkanes) is 2. The summed E-state index contributed by atoms with van der Waals surface area (Å²) in [5.41, 5.74) is 10.5. The Morgan fingerprint density at radius 2 is 2.18 bits per heavy atom. The standard InChI is InChI=1S/C7H16N4/c1-2-3-4-5-7(9)11-10-6-8/h6H,2-5H2,1H3,(H2,8,10)(H2,9,11). The lowest BCUT2D eigenvalue weighted by atomic mass is 10.2. The molecular weight excluding hydrogens is 140 g/mol. The van der Waals surface area contributed by atoms with Crippen molar-refractivity contribution in [3.63, 3.8) is 0 Å². The van der Waals surface area contributed by atoms with Gasteiger partial charge in [-0.05, 0) is 6.42 Å². The van der Waals surface area contributed by atoms with Gasteiger partial charge < -0.3 is 11.5 Å². The van der Waals surface area contributed by atoms with Gasteiger partial charge in [-0.3, -0.25) is 0 Å². The first-order valence-electron chi connectivity index (χ1n) is 3.86. The maximum Gasteiger partial charge on any atom is 0.122 e.